The first kappa shape index (κ1) is 19.2. The summed E-state index contributed by atoms with van der Waals surface area (Å²) in [6.45, 7) is 4.05. The molecule has 21 heavy (non-hydrogen) atoms. The highest BCUT2D eigenvalue weighted by Gasteiger charge is 2.36. The second kappa shape index (κ2) is 8.68. The van der Waals surface area contributed by atoms with Gasteiger partial charge < -0.3 is 5.32 Å². The lowest BCUT2D eigenvalue weighted by Crippen LogP contribution is -2.48. The van der Waals surface area contributed by atoms with Crippen molar-refractivity contribution in [3.05, 3.63) is 34.1 Å². The van der Waals surface area contributed by atoms with Crippen LogP contribution in [-0.2, 0) is 0 Å². The van der Waals surface area contributed by atoms with E-state index in [0.29, 0.717) is 5.92 Å². The summed E-state index contributed by atoms with van der Waals surface area (Å²) < 4.78 is 15.2. The highest BCUT2D eigenvalue weighted by Crippen LogP contribution is 2.44. The van der Waals surface area contributed by atoms with Crippen LogP contribution in [0.3, 0.4) is 0 Å². The number of nitrogens with zero attached hydrogens (tertiary/aromatic N) is 1. The van der Waals surface area contributed by atoms with Gasteiger partial charge in [0.2, 0.25) is 0 Å². The fraction of sp³-hybridized carbons (Fsp3) is 0.600. The summed E-state index contributed by atoms with van der Waals surface area (Å²) in [5.74, 6) is 0.552. The summed E-state index contributed by atoms with van der Waals surface area (Å²) in [6.07, 6.45) is 3.75. The Morgan fingerprint density at radius 2 is 1.86 bits per heavy atom. The predicted molar refractivity (Wildman–Crippen MR) is 93.1 cm³/mol. The molecule has 1 heterocycles. The van der Waals surface area contributed by atoms with Gasteiger partial charge in [0.15, 0.2) is 0 Å². The van der Waals surface area contributed by atoms with Gasteiger partial charge in [-0.2, -0.15) is 0 Å². The van der Waals surface area contributed by atoms with Gasteiger partial charge in [0.1, 0.15) is 5.82 Å². The Balaban J connectivity index is 0.00000110. The van der Waals surface area contributed by atoms with Crippen LogP contribution in [0.5, 0.6) is 0 Å². The number of nitrogens with one attached hydrogen (secondary N) is 1. The van der Waals surface area contributed by atoms with E-state index in [1.165, 1.54) is 19.3 Å². The van der Waals surface area contributed by atoms with E-state index in [1.54, 1.807) is 12.1 Å². The average Bonchev–Trinajstić information content (AvgIpc) is 2.36. The van der Waals surface area contributed by atoms with E-state index in [1.807, 2.05) is 6.07 Å². The smallest absolute Gasteiger partial charge is 0.129 e. The molecule has 2 fully saturated rings. The number of halogens is 4. The molecule has 1 atom stereocenters. The van der Waals surface area contributed by atoms with Crippen LogP contribution in [0.4, 0.5) is 4.39 Å². The molecule has 0 radical (unpaired) electrons. The number of benzene rings is 1. The van der Waals surface area contributed by atoms with E-state index in [-0.39, 0.29) is 36.7 Å². The molecule has 0 aromatic heterocycles. The van der Waals surface area contributed by atoms with Crippen LogP contribution in [0.15, 0.2) is 22.7 Å². The average molecular weight is 400 g/mol. The monoisotopic (exact) mass is 398 g/mol. The zero-order valence-corrected chi connectivity index (χ0v) is 15.1. The van der Waals surface area contributed by atoms with Crippen LogP contribution in [0, 0.1) is 11.7 Å². The lowest BCUT2D eigenvalue weighted by molar-refractivity contribution is 0.0807. The molecule has 2 nitrogen and oxygen atoms in total. The molecule has 6 heteroatoms. The van der Waals surface area contributed by atoms with Gasteiger partial charge >= 0.3 is 0 Å². The topological polar surface area (TPSA) is 15.3 Å². The van der Waals surface area contributed by atoms with Crippen LogP contribution in [0.25, 0.3) is 0 Å². The van der Waals surface area contributed by atoms with Crippen LogP contribution in [0.1, 0.15) is 30.9 Å². The zero-order valence-electron chi connectivity index (χ0n) is 11.9. The largest absolute Gasteiger partial charge is 0.314 e. The molecular weight excluding hydrogens is 378 g/mol. The van der Waals surface area contributed by atoms with Crippen LogP contribution < -0.4 is 5.32 Å². The zero-order chi connectivity index (χ0) is 13.2. The van der Waals surface area contributed by atoms with E-state index >= 15 is 0 Å². The summed E-state index contributed by atoms with van der Waals surface area (Å²) in [5.41, 5.74) is 0.870. The number of hydrogen-bond donors (Lipinski definition) is 1. The standard InChI is InChI=1S/C15H20BrFN2.2ClH/c16-12-5-2-6-13(17)14(12)15(11-3-1-4-11)19-9-7-18-8-10-19;;/h2,5-6,11,15,18H,1,3-4,7-10H2;2*1H/t15-;;/m0../s1. The van der Waals surface area contributed by atoms with Crippen molar-refractivity contribution in [3.63, 3.8) is 0 Å². The molecule has 1 saturated carbocycles. The molecule has 1 N–H and O–H groups in total. The van der Waals surface area contributed by atoms with Crippen molar-refractivity contribution in [3.8, 4) is 0 Å². The van der Waals surface area contributed by atoms with Crippen molar-refractivity contribution >= 4 is 40.7 Å². The molecule has 1 saturated heterocycles. The van der Waals surface area contributed by atoms with Gasteiger partial charge in [-0.25, -0.2) is 4.39 Å². The summed E-state index contributed by atoms with van der Waals surface area (Å²) in [4.78, 5) is 2.46. The minimum absolute atomic E-state index is 0. The van der Waals surface area contributed by atoms with Gasteiger partial charge in [-0.3, -0.25) is 4.90 Å². The van der Waals surface area contributed by atoms with E-state index in [0.717, 1.165) is 36.2 Å². The third-order valence-corrected chi connectivity index (χ3v) is 5.13. The maximum absolute atomic E-state index is 14.3. The van der Waals surface area contributed by atoms with Crippen molar-refractivity contribution < 1.29 is 4.39 Å². The van der Waals surface area contributed by atoms with Crippen molar-refractivity contribution in [2.24, 2.45) is 5.92 Å². The quantitative estimate of drug-likeness (QED) is 0.820. The van der Waals surface area contributed by atoms with Gasteiger partial charge in [0, 0.05) is 42.3 Å². The van der Waals surface area contributed by atoms with Crippen molar-refractivity contribution in [1.29, 1.82) is 0 Å². The number of piperazine rings is 1. The molecule has 0 unspecified atom stereocenters. The molecule has 3 rings (SSSR count). The van der Waals surface area contributed by atoms with Crippen LogP contribution in [-0.4, -0.2) is 31.1 Å². The Labute approximate surface area is 146 Å². The fourth-order valence-electron chi connectivity index (χ4n) is 3.23. The highest BCUT2D eigenvalue weighted by atomic mass is 79.9. The Morgan fingerprint density at radius 3 is 2.38 bits per heavy atom. The summed E-state index contributed by atoms with van der Waals surface area (Å²) >= 11 is 3.55. The van der Waals surface area contributed by atoms with Gasteiger partial charge in [-0.05, 0) is 30.9 Å². The first-order valence-electron chi connectivity index (χ1n) is 7.16. The Morgan fingerprint density at radius 1 is 1.19 bits per heavy atom. The normalized spacial score (nSPS) is 20.9. The maximum Gasteiger partial charge on any atom is 0.129 e. The molecule has 1 aromatic carbocycles. The molecule has 0 bridgehead atoms. The first-order chi connectivity index (χ1) is 9.27. The van der Waals surface area contributed by atoms with E-state index in [2.05, 4.69) is 26.1 Å². The Kier molecular flexibility index (Phi) is 7.93. The van der Waals surface area contributed by atoms with Gasteiger partial charge in [-0.1, -0.05) is 28.4 Å². The lowest BCUT2D eigenvalue weighted by Gasteiger charge is -2.43. The van der Waals surface area contributed by atoms with Crippen LogP contribution >= 0.6 is 40.7 Å². The third kappa shape index (κ3) is 4.11. The SMILES string of the molecule is Cl.Cl.Fc1cccc(Br)c1[C@H](C1CCC1)N1CCNCC1. The van der Waals surface area contributed by atoms with E-state index in [4.69, 9.17) is 0 Å². The molecule has 2 aliphatic rings. The van der Waals surface area contributed by atoms with Crippen LogP contribution in [0.2, 0.25) is 0 Å². The Bertz CT molecular complexity index is 431. The fourth-order valence-corrected chi connectivity index (χ4v) is 3.80. The summed E-state index contributed by atoms with van der Waals surface area (Å²) in [7, 11) is 0. The first-order valence-corrected chi connectivity index (χ1v) is 7.95. The lowest BCUT2D eigenvalue weighted by atomic mass is 9.76. The predicted octanol–water partition coefficient (Wildman–Crippen LogP) is 4.18. The maximum atomic E-state index is 14.3. The van der Waals surface area contributed by atoms with Gasteiger partial charge in [-0.15, -0.1) is 24.8 Å². The van der Waals surface area contributed by atoms with Crippen molar-refractivity contribution in [2.45, 2.75) is 25.3 Å². The minimum atomic E-state index is -0.0650. The molecule has 120 valence electrons. The molecule has 1 aliphatic heterocycles. The van der Waals surface area contributed by atoms with Gasteiger partial charge in [0.05, 0.1) is 0 Å². The number of hydrogen-bond acceptors (Lipinski definition) is 2. The number of rotatable bonds is 3. The molecule has 1 aliphatic carbocycles. The molecular formula is C15H22BrCl2FN2. The minimum Gasteiger partial charge on any atom is -0.314 e. The summed E-state index contributed by atoms with van der Waals surface area (Å²) in [5, 5.41) is 3.38. The van der Waals surface area contributed by atoms with E-state index < -0.39 is 0 Å². The van der Waals surface area contributed by atoms with Crippen molar-refractivity contribution in [2.75, 3.05) is 26.2 Å². The second-order valence-electron chi connectivity index (χ2n) is 5.56. The Hall–Kier alpha value is 0.130. The highest BCUT2D eigenvalue weighted by molar-refractivity contribution is 9.10. The van der Waals surface area contributed by atoms with Crippen molar-refractivity contribution in [1.82, 2.24) is 10.2 Å². The molecule has 0 amide bonds. The third-order valence-electron chi connectivity index (χ3n) is 4.44. The van der Waals surface area contributed by atoms with E-state index in [9.17, 15) is 4.39 Å². The molecule has 1 aromatic rings. The molecule has 0 spiro atoms. The second-order valence-corrected chi connectivity index (χ2v) is 6.41. The summed E-state index contributed by atoms with van der Waals surface area (Å²) in [6, 6.07) is 5.57. The van der Waals surface area contributed by atoms with Gasteiger partial charge in [0.25, 0.3) is 0 Å².